The number of hydrogen-bond acceptors (Lipinski definition) is 3. The fraction of sp³-hybridized carbons (Fsp3) is 0.294. The van der Waals surface area contributed by atoms with Crippen LogP contribution in [0.3, 0.4) is 0 Å². The summed E-state index contributed by atoms with van der Waals surface area (Å²) in [7, 11) is 0. The molecule has 0 bridgehead atoms. The van der Waals surface area contributed by atoms with Crippen LogP contribution in [-0.4, -0.2) is 29.4 Å². The molecule has 6 heteroatoms. The third-order valence-electron chi connectivity index (χ3n) is 3.86. The lowest BCUT2D eigenvalue weighted by molar-refractivity contribution is -0.124. The third-order valence-corrected chi connectivity index (χ3v) is 4.73. The molecule has 120 valence electrons. The lowest BCUT2D eigenvalue weighted by atomic mass is 10.2. The number of likely N-dealkylation sites (tertiary alicyclic amines) is 1. The van der Waals surface area contributed by atoms with Crippen LogP contribution in [0.5, 0.6) is 0 Å². The van der Waals surface area contributed by atoms with Crippen LogP contribution in [0, 0.1) is 0 Å². The van der Waals surface area contributed by atoms with Gasteiger partial charge in [0.1, 0.15) is 6.04 Å². The highest BCUT2D eigenvalue weighted by Gasteiger charge is 2.33. The maximum atomic E-state index is 12.4. The first kappa shape index (κ1) is 15.6. The molecule has 0 aliphatic carbocycles. The number of rotatable bonds is 4. The van der Waals surface area contributed by atoms with Crippen LogP contribution < -0.4 is 10.6 Å². The van der Waals surface area contributed by atoms with Gasteiger partial charge in [-0.1, -0.05) is 24.3 Å². The SMILES string of the molecule is O=C(NCc1cccs1)[C@@H]1CCCN1C(=O)Nc1ccccc1. The van der Waals surface area contributed by atoms with E-state index in [2.05, 4.69) is 10.6 Å². The van der Waals surface area contributed by atoms with Gasteiger partial charge < -0.3 is 15.5 Å². The molecule has 5 nitrogen and oxygen atoms in total. The Kier molecular flexibility index (Phi) is 4.92. The number of carbonyl (C=O) groups excluding carboxylic acids is 2. The molecule has 2 heterocycles. The van der Waals surface area contributed by atoms with Crippen molar-refractivity contribution >= 4 is 29.0 Å². The van der Waals surface area contributed by atoms with Gasteiger partial charge in [-0.2, -0.15) is 0 Å². The highest BCUT2D eigenvalue weighted by atomic mass is 32.1. The average molecular weight is 329 g/mol. The predicted molar refractivity (Wildman–Crippen MR) is 91.4 cm³/mol. The largest absolute Gasteiger partial charge is 0.349 e. The van der Waals surface area contributed by atoms with E-state index in [1.807, 2.05) is 47.8 Å². The first-order valence-electron chi connectivity index (χ1n) is 7.67. The molecule has 1 aliphatic rings. The van der Waals surface area contributed by atoms with Gasteiger partial charge in [0.25, 0.3) is 0 Å². The highest BCUT2D eigenvalue weighted by Crippen LogP contribution is 2.19. The van der Waals surface area contributed by atoms with Crippen LogP contribution in [0.2, 0.25) is 0 Å². The monoisotopic (exact) mass is 329 g/mol. The Bertz CT molecular complexity index is 658. The van der Waals surface area contributed by atoms with E-state index < -0.39 is 6.04 Å². The molecule has 1 aromatic heterocycles. The Labute approximate surface area is 139 Å². The first-order chi connectivity index (χ1) is 11.2. The zero-order chi connectivity index (χ0) is 16.1. The predicted octanol–water partition coefficient (Wildman–Crippen LogP) is 3.06. The van der Waals surface area contributed by atoms with Gasteiger partial charge in [0.15, 0.2) is 0 Å². The fourth-order valence-electron chi connectivity index (χ4n) is 2.70. The van der Waals surface area contributed by atoms with Crippen LogP contribution in [0.4, 0.5) is 10.5 Å². The number of anilines is 1. The van der Waals surface area contributed by atoms with Crippen LogP contribution in [0.1, 0.15) is 17.7 Å². The van der Waals surface area contributed by atoms with E-state index in [9.17, 15) is 9.59 Å². The standard InChI is InChI=1S/C17H19N3O2S/c21-16(18-12-14-8-5-11-23-14)15-9-4-10-20(15)17(22)19-13-6-2-1-3-7-13/h1-3,5-8,11,15H,4,9-10,12H2,(H,18,21)(H,19,22)/t15-/m0/s1. The number of para-hydroxylation sites is 1. The van der Waals surface area contributed by atoms with E-state index in [1.54, 1.807) is 16.2 Å². The molecule has 0 saturated carbocycles. The number of benzene rings is 1. The average Bonchev–Trinajstić information content (AvgIpc) is 3.25. The maximum Gasteiger partial charge on any atom is 0.322 e. The molecule has 1 fully saturated rings. The van der Waals surface area contributed by atoms with Crippen molar-refractivity contribution in [3.63, 3.8) is 0 Å². The normalized spacial score (nSPS) is 17.0. The third kappa shape index (κ3) is 3.90. The summed E-state index contributed by atoms with van der Waals surface area (Å²) in [5.74, 6) is -0.0842. The summed E-state index contributed by atoms with van der Waals surface area (Å²) in [6.07, 6.45) is 1.55. The summed E-state index contributed by atoms with van der Waals surface area (Å²) in [6, 6.07) is 12.6. The number of nitrogens with one attached hydrogen (secondary N) is 2. The van der Waals surface area contributed by atoms with Crippen LogP contribution in [0.15, 0.2) is 47.8 Å². The van der Waals surface area contributed by atoms with E-state index in [0.29, 0.717) is 19.5 Å². The minimum absolute atomic E-state index is 0.0842. The van der Waals surface area contributed by atoms with Crippen molar-refractivity contribution in [2.75, 3.05) is 11.9 Å². The quantitative estimate of drug-likeness (QED) is 0.905. The molecule has 0 radical (unpaired) electrons. The molecule has 1 atom stereocenters. The lowest BCUT2D eigenvalue weighted by Gasteiger charge is -2.24. The van der Waals surface area contributed by atoms with E-state index in [1.165, 1.54) is 0 Å². The van der Waals surface area contributed by atoms with E-state index in [4.69, 9.17) is 0 Å². The second-order valence-corrected chi connectivity index (χ2v) is 6.48. The van der Waals surface area contributed by atoms with Gasteiger partial charge in [-0.15, -0.1) is 11.3 Å². The second-order valence-electron chi connectivity index (χ2n) is 5.44. The highest BCUT2D eigenvalue weighted by molar-refractivity contribution is 7.09. The van der Waals surface area contributed by atoms with Gasteiger partial charge in [-0.25, -0.2) is 4.79 Å². The van der Waals surface area contributed by atoms with Crippen molar-refractivity contribution in [1.82, 2.24) is 10.2 Å². The second kappa shape index (κ2) is 7.28. The van der Waals surface area contributed by atoms with Gasteiger partial charge in [-0.3, -0.25) is 4.79 Å². The Morgan fingerprint density at radius 3 is 2.74 bits per heavy atom. The summed E-state index contributed by atoms with van der Waals surface area (Å²) in [6.45, 7) is 1.12. The van der Waals surface area contributed by atoms with Crippen molar-refractivity contribution in [1.29, 1.82) is 0 Å². The molecular formula is C17H19N3O2S. The Morgan fingerprint density at radius 2 is 2.00 bits per heavy atom. The molecule has 0 spiro atoms. The van der Waals surface area contributed by atoms with Crippen LogP contribution >= 0.6 is 11.3 Å². The van der Waals surface area contributed by atoms with Crippen molar-refractivity contribution in [3.8, 4) is 0 Å². The van der Waals surface area contributed by atoms with Crippen molar-refractivity contribution in [3.05, 3.63) is 52.7 Å². The van der Waals surface area contributed by atoms with Crippen LogP contribution in [0.25, 0.3) is 0 Å². The summed E-state index contributed by atoms with van der Waals surface area (Å²) in [4.78, 5) is 27.5. The van der Waals surface area contributed by atoms with Gasteiger partial charge in [0.2, 0.25) is 5.91 Å². The number of hydrogen-bond donors (Lipinski definition) is 2. The summed E-state index contributed by atoms with van der Waals surface area (Å²) in [5.41, 5.74) is 0.738. The van der Waals surface area contributed by atoms with Gasteiger partial charge >= 0.3 is 6.03 Å². The number of carbonyl (C=O) groups is 2. The molecule has 2 aromatic rings. The first-order valence-corrected chi connectivity index (χ1v) is 8.55. The molecule has 2 N–H and O–H groups in total. The molecule has 3 rings (SSSR count). The Balaban J connectivity index is 1.58. The minimum atomic E-state index is -0.390. The molecule has 1 saturated heterocycles. The number of amides is 3. The van der Waals surface area contributed by atoms with Crippen molar-refractivity contribution in [2.45, 2.75) is 25.4 Å². The molecule has 0 unspecified atom stereocenters. The van der Waals surface area contributed by atoms with E-state index in [0.717, 1.165) is 17.0 Å². The summed E-state index contributed by atoms with van der Waals surface area (Å²) < 4.78 is 0. The Hall–Kier alpha value is -2.34. The molecule has 3 amide bonds. The topological polar surface area (TPSA) is 61.4 Å². The van der Waals surface area contributed by atoms with Crippen molar-refractivity contribution in [2.24, 2.45) is 0 Å². The minimum Gasteiger partial charge on any atom is -0.349 e. The number of thiophene rings is 1. The molecule has 1 aromatic carbocycles. The fourth-order valence-corrected chi connectivity index (χ4v) is 3.35. The lowest BCUT2D eigenvalue weighted by Crippen LogP contribution is -2.47. The van der Waals surface area contributed by atoms with Gasteiger partial charge in [0.05, 0.1) is 6.54 Å². The summed E-state index contributed by atoms with van der Waals surface area (Å²) in [5, 5.41) is 7.76. The van der Waals surface area contributed by atoms with E-state index in [-0.39, 0.29) is 11.9 Å². The maximum absolute atomic E-state index is 12.4. The van der Waals surface area contributed by atoms with Crippen molar-refractivity contribution < 1.29 is 9.59 Å². The Morgan fingerprint density at radius 1 is 1.17 bits per heavy atom. The zero-order valence-corrected chi connectivity index (χ0v) is 13.5. The molecule has 1 aliphatic heterocycles. The molecule has 23 heavy (non-hydrogen) atoms. The zero-order valence-electron chi connectivity index (χ0n) is 12.7. The summed E-state index contributed by atoms with van der Waals surface area (Å²) >= 11 is 1.61. The van der Waals surface area contributed by atoms with Gasteiger partial charge in [0, 0.05) is 17.1 Å². The number of nitrogens with zero attached hydrogens (tertiary/aromatic N) is 1. The number of urea groups is 1. The molecular weight excluding hydrogens is 310 g/mol. The smallest absolute Gasteiger partial charge is 0.322 e. The van der Waals surface area contributed by atoms with Crippen LogP contribution in [-0.2, 0) is 11.3 Å². The van der Waals surface area contributed by atoms with Gasteiger partial charge in [-0.05, 0) is 36.4 Å². The van der Waals surface area contributed by atoms with E-state index >= 15 is 0 Å².